The molecule has 29 heavy (non-hydrogen) atoms. The summed E-state index contributed by atoms with van der Waals surface area (Å²) in [5.74, 6) is 0.632. The Bertz CT molecular complexity index is 1110. The molecule has 3 nitrogen and oxygen atoms in total. The minimum atomic E-state index is -0.494. The molecule has 148 valence electrons. The van der Waals surface area contributed by atoms with Gasteiger partial charge in [0.2, 0.25) is 0 Å². The van der Waals surface area contributed by atoms with Crippen LogP contribution in [0.25, 0.3) is 16.9 Å². The summed E-state index contributed by atoms with van der Waals surface area (Å²) < 4.78 is 15.8. The van der Waals surface area contributed by atoms with E-state index in [1.165, 1.54) is 12.5 Å². The van der Waals surface area contributed by atoms with Crippen molar-refractivity contribution >= 4 is 23.2 Å². The lowest BCUT2D eigenvalue weighted by atomic mass is 9.88. The average Bonchev–Trinajstić information content (AvgIpc) is 3.12. The molecule has 0 amide bonds. The lowest BCUT2D eigenvalue weighted by molar-refractivity contribution is 0.425. The van der Waals surface area contributed by atoms with Crippen molar-refractivity contribution in [2.75, 3.05) is 0 Å². The van der Waals surface area contributed by atoms with Crippen LogP contribution in [0.1, 0.15) is 55.1 Å². The molecular weight excluding hydrogens is 408 g/mol. The quantitative estimate of drug-likeness (QED) is 0.442. The van der Waals surface area contributed by atoms with Gasteiger partial charge in [-0.25, -0.2) is 9.37 Å². The van der Waals surface area contributed by atoms with Gasteiger partial charge in [0, 0.05) is 16.5 Å². The zero-order valence-corrected chi connectivity index (χ0v) is 17.6. The Hall–Kier alpha value is -2.35. The maximum absolute atomic E-state index is 13.8. The molecule has 0 atom stereocenters. The zero-order valence-electron chi connectivity index (χ0n) is 16.1. The SMILES string of the molecule is Cc1ccc(Cl)cc1-n1c(C2CCCCC2)nc(C#N)c1-c1ccc(F)c(Cl)c1. The van der Waals surface area contributed by atoms with Gasteiger partial charge >= 0.3 is 0 Å². The van der Waals surface area contributed by atoms with E-state index in [4.69, 9.17) is 28.2 Å². The van der Waals surface area contributed by atoms with Crippen LogP contribution in [0.15, 0.2) is 36.4 Å². The largest absolute Gasteiger partial charge is 0.294 e. The highest BCUT2D eigenvalue weighted by molar-refractivity contribution is 6.31. The third-order valence-corrected chi connectivity index (χ3v) is 6.11. The third-order valence-electron chi connectivity index (χ3n) is 5.58. The molecule has 0 unspecified atom stereocenters. The van der Waals surface area contributed by atoms with Crippen LogP contribution in [0, 0.1) is 24.1 Å². The van der Waals surface area contributed by atoms with E-state index in [2.05, 4.69) is 6.07 Å². The number of halogens is 3. The molecule has 0 bridgehead atoms. The monoisotopic (exact) mass is 427 g/mol. The number of nitriles is 1. The minimum absolute atomic E-state index is 0.0150. The molecule has 6 heteroatoms. The second-order valence-electron chi connectivity index (χ2n) is 7.51. The van der Waals surface area contributed by atoms with Gasteiger partial charge in [0.1, 0.15) is 17.7 Å². The number of imidazole rings is 1. The molecule has 0 N–H and O–H groups in total. The Labute approximate surface area is 179 Å². The van der Waals surface area contributed by atoms with Crippen LogP contribution in [0.5, 0.6) is 0 Å². The van der Waals surface area contributed by atoms with Gasteiger partial charge in [-0.2, -0.15) is 5.26 Å². The highest BCUT2D eigenvalue weighted by Gasteiger charge is 2.28. The van der Waals surface area contributed by atoms with Crippen molar-refractivity contribution in [3.05, 3.63) is 69.3 Å². The maximum Gasteiger partial charge on any atom is 0.167 e. The van der Waals surface area contributed by atoms with Crippen LogP contribution < -0.4 is 0 Å². The van der Waals surface area contributed by atoms with Gasteiger partial charge in [0.15, 0.2) is 5.69 Å². The predicted octanol–water partition coefficient (Wildman–Crippen LogP) is 7.21. The first kappa shape index (κ1) is 19.9. The van der Waals surface area contributed by atoms with Crippen LogP contribution in [-0.2, 0) is 0 Å². The van der Waals surface area contributed by atoms with E-state index in [0.29, 0.717) is 22.0 Å². The van der Waals surface area contributed by atoms with E-state index in [9.17, 15) is 9.65 Å². The summed E-state index contributed by atoms with van der Waals surface area (Å²) >= 11 is 12.4. The highest BCUT2D eigenvalue weighted by Crippen LogP contribution is 2.39. The van der Waals surface area contributed by atoms with E-state index in [1.807, 2.05) is 29.7 Å². The van der Waals surface area contributed by atoms with E-state index in [-0.39, 0.29) is 10.9 Å². The Morgan fingerprint density at radius 3 is 2.55 bits per heavy atom. The van der Waals surface area contributed by atoms with Crippen LogP contribution >= 0.6 is 23.2 Å². The predicted molar refractivity (Wildman–Crippen MR) is 114 cm³/mol. The summed E-state index contributed by atoms with van der Waals surface area (Å²) in [4.78, 5) is 4.75. The van der Waals surface area contributed by atoms with Crippen molar-refractivity contribution in [3.63, 3.8) is 0 Å². The van der Waals surface area contributed by atoms with Crippen molar-refractivity contribution in [3.8, 4) is 23.0 Å². The lowest BCUT2D eigenvalue weighted by Crippen LogP contribution is -2.12. The molecule has 3 aromatic rings. The smallest absolute Gasteiger partial charge is 0.167 e. The number of benzene rings is 2. The fourth-order valence-corrected chi connectivity index (χ4v) is 4.47. The molecule has 0 radical (unpaired) electrons. The number of hydrogen-bond acceptors (Lipinski definition) is 2. The first-order valence-corrected chi connectivity index (χ1v) is 10.5. The third kappa shape index (κ3) is 3.77. The molecular formula is C23H20Cl2FN3. The molecule has 0 aliphatic heterocycles. The first-order chi connectivity index (χ1) is 14.0. The maximum atomic E-state index is 13.8. The number of aromatic nitrogens is 2. The van der Waals surface area contributed by atoms with E-state index < -0.39 is 5.82 Å². The van der Waals surface area contributed by atoms with E-state index in [0.717, 1.165) is 42.8 Å². The highest BCUT2D eigenvalue weighted by atomic mass is 35.5. The number of nitrogens with zero attached hydrogens (tertiary/aromatic N) is 3. The van der Waals surface area contributed by atoms with Gasteiger partial charge in [0.25, 0.3) is 0 Å². The summed E-state index contributed by atoms with van der Waals surface area (Å²) in [6.45, 7) is 2.00. The van der Waals surface area contributed by atoms with Crippen molar-refractivity contribution in [1.29, 1.82) is 5.26 Å². The molecule has 1 fully saturated rings. The molecule has 4 rings (SSSR count). The van der Waals surface area contributed by atoms with Gasteiger partial charge in [-0.3, -0.25) is 4.57 Å². The normalized spacial score (nSPS) is 14.7. The fraction of sp³-hybridized carbons (Fsp3) is 0.304. The molecule has 1 heterocycles. The summed E-state index contributed by atoms with van der Waals surface area (Å²) in [7, 11) is 0. The summed E-state index contributed by atoms with van der Waals surface area (Å²) in [5, 5.41) is 10.5. The van der Waals surface area contributed by atoms with Gasteiger partial charge in [-0.1, -0.05) is 48.5 Å². The standard InChI is InChI=1S/C23H20Cl2FN3/c1-14-7-9-17(24)12-21(14)29-22(16-8-10-19(26)18(25)11-16)20(13-27)28-23(29)15-5-3-2-4-6-15/h7-12,15H,2-6H2,1H3. The van der Waals surface area contributed by atoms with Gasteiger partial charge < -0.3 is 0 Å². The molecule has 0 spiro atoms. The first-order valence-electron chi connectivity index (χ1n) is 9.74. The Morgan fingerprint density at radius 1 is 1.10 bits per heavy atom. The molecule has 1 aromatic heterocycles. The lowest BCUT2D eigenvalue weighted by Gasteiger charge is -2.24. The van der Waals surface area contributed by atoms with Gasteiger partial charge in [-0.15, -0.1) is 0 Å². The van der Waals surface area contributed by atoms with E-state index >= 15 is 0 Å². The number of aryl methyl sites for hydroxylation is 1. The molecule has 0 saturated heterocycles. The van der Waals surface area contributed by atoms with Crippen LogP contribution in [-0.4, -0.2) is 9.55 Å². The average molecular weight is 428 g/mol. The van der Waals surface area contributed by atoms with E-state index in [1.54, 1.807) is 12.1 Å². The molecule has 1 aliphatic rings. The minimum Gasteiger partial charge on any atom is -0.294 e. The molecule has 1 saturated carbocycles. The number of rotatable bonds is 3. The summed E-state index contributed by atoms with van der Waals surface area (Å²) in [6, 6.07) is 12.4. The van der Waals surface area contributed by atoms with Crippen LogP contribution in [0.2, 0.25) is 10.0 Å². The van der Waals surface area contributed by atoms with Gasteiger partial charge in [0.05, 0.1) is 16.4 Å². The number of hydrogen-bond donors (Lipinski definition) is 0. The van der Waals surface area contributed by atoms with Gasteiger partial charge in [-0.05, 0) is 55.7 Å². The van der Waals surface area contributed by atoms with Crippen molar-refractivity contribution < 1.29 is 4.39 Å². The Morgan fingerprint density at radius 2 is 1.86 bits per heavy atom. The second kappa shape index (κ2) is 8.18. The second-order valence-corrected chi connectivity index (χ2v) is 8.35. The van der Waals surface area contributed by atoms with Crippen molar-refractivity contribution in [2.45, 2.75) is 44.9 Å². The summed E-state index contributed by atoms with van der Waals surface area (Å²) in [6.07, 6.45) is 5.58. The molecule has 2 aromatic carbocycles. The van der Waals surface area contributed by atoms with Crippen molar-refractivity contribution in [1.82, 2.24) is 9.55 Å². The zero-order chi connectivity index (χ0) is 20.5. The topological polar surface area (TPSA) is 41.6 Å². The Kier molecular flexibility index (Phi) is 5.63. The summed E-state index contributed by atoms with van der Waals surface area (Å²) in [5.41, 5.74) is 3.49. The van der Waals surface area contributed by atoms with Crippen molar-refractivity contribution in [2.24, 2.45) is 0 Å². The molecule has 1 aliphatic carbocycles. The van der Waals surface area contributed by atoms with Crippen LogP contribution in [0.3, 0.4) is 0 Å². The fourth-order valence-electron chi connectivity index (χ4n) is 4.13. The Balaban J connectivity index is 2.03. The van der Waals surface area contributed by atoms with Crippen LogP contribution in [0.4, 0.5) is 4.39 Å².